The fourth-order valence-corrected chi connectivity index (χ4v) is 1.49. The fraction of sp³-hybridized carbons (Fsp3) is 0.0833. The quantitative estimate of drug-likeness (QED) is 0.842. The lowest BCUT2D eigenvalue weighted by atomic mass is 10.0. The molecule has 1 heterocycles. The van der Waals surface area contributed by atoms with Crippen molar-refractivity contribution in [2.45, 2.75) is 0 Å². The zero-order chi connectivity index (χ0) is 11.5. The van der Waals surface area contributed by atoms with Gasteiger partial charge >= 0.3 is 0 Å². The first-order valence-corrected chi connectivity index (χ1v) is 4.76. The molecule has 0 aliphatic rings. The number of nitrogens with two attached hydrogens (primary N) is 1. The summed E-state index contributed by atoms with van der Waals surface area (Å²) in [6.07, 6.45) is 3.08. The normalized spacial score (nSPS) is 10.1. The highest BCUT2D eigenvalue weighted by molar-refractivity contribution is 5.76. The highest BCUT2D eigenvalue weighted by Gasteiger charge is 2.08. The molecule has 2 aromatic rings. The second-order valence-electron chi connectivity index (χ2n) is 3.31. The van der Waals surface area contributed by atoms with E-state index in [1.165, 1.54) is 19.4 Å². The molecular formula is C12H11FN2O. The summed E-state index contributed by atoms with van der Waals surface area (Å²) in [4.78, 5) is 3.86. The van der Waals surface area contributed by atoms with E-state index in [1.807, 2.05) is 0 Å². The van der Waals surface area contributed by atoms with E-state index in [4.69, 9.17) is 10.5 Å². The average molecular weight is 218 g/mol. The zero-order valence-corrected chi connectivity index (χ0v) is 8.77. The maximum atomic E-state index is 13.7. The first kappa shape index (κ1) is 10.4. The number of aromatic nitrogens is 1. The van der Waals surface area contributed by atoms with Crippen LogP contribution in [0.1, 0.15) is 0 Å². The highest BCUT2D eigenvalue weighted by Crippen LogP contribution is 2.29. The van der Waals surface area contributed by atoms with Gasteiger partial charge < -0.3 is 10.5 Å². The van der Waals surface area contributed by atoms with Crippen LogP contribution in [0, 0.1) is 5.82 Å². The molecule has 0 saturated heterocycles. The molecule has 0 amide bonds. The van der Waals surface area contributed by atoms with Crippen LogP contribution >= 0.6 is 0 Å². The number of methoxy groups -OCH3 is 1. The molecule has 1 aromatic heterocycles. The molecule has 0 aliphatic carbocycles. The van der Waals surface area contributed by atoms with E-state index in [2.05, 4.69) is 4.98 Å². The van der Waals surface area contributed by atoms with Crippen molar-refractivity contribution in [2.75, 3.05) is 12.8 Å². The van der Waals surface area contributed by atoms with E-state index in [0.29, 0.717) is 22.6 Å². The number of rotatable bonds is 2. The minimum atomic E-state index is -0.364. The lowest BCUT2D eigenvalue weighted by molar-refractivity contribution is 0.411. The Bertz CT molecular complexity index is 514. The summed E-state index contributed by atoms with van der Waals surface area (Å²) in [5.41, 5.74) is 7.26. The first-order chi connectivity index (χ1) is 7.72. The maximum absolute atomic E-state index is 13.7. The number of halogens is 1. The van der Waals surface area contributed by atoms with Gasteiger partial charge in [0.25, 0.3) is 0 Å². The average Bonchev–Trinajstić information content (AvgIpc) is 2.30. The Balaban J connectivity index is 2.53. The Morgan fingerprint density at radius 2 is 2.06 bits per heavy atom. The number of hydrogen-bond acceptors (Lipinski definition) is 3. The van der Waals surface area contributed by atoms with Crippen LogP contribution in [0.25, 0.3) is 11.1 Å². The Morgan fingerprint density at radius 3 is 2.69 bits per heavy atom. The van der Waals surface area contributed by atoms with Gasteiger partial charge in [0.2, 0.25) is 0 Å². The smallest absolute Gasteiger partial charge is 0.134 e. The third-order valence-corrected chi connectivity index (χ3v) is 2.32. The first-order valence-electron chi connectivity index (χ1n) is 4.76. The van der Waals surface area contributed by atoms with Gasteiger partial charge in [0.05, 0.1) is 19.0 Å². The number of anilines is 1. The van der Waals surface area contributed by atoms with Gasteiger partial charge in [-0.15, -0.1) is 0 Å². The van der Waals surface area contributed by atoms with E-state index in [0.717, 1.165) is 0 Å². The molecule has 0 bridgehead atoms. The number of nitrogen functional groups attached to an aromatic ring is 1. The van der Waals surface area contributed by atoms with Crippen LogP contribution in [0.4, 0.5) is 10.1 Å². The van der Waals surface area contributed by atoms with Crippen LogP contribution in [0.2, 0.25) is 0 Å². The summed E-state index contributed by atoms with van der Waals surface area (Å²) < 4.78 is 18.7. The van der Waals surface area contributed by atoms with E-state index >= 15 is 0 Å². The molecule has 0 radical (unpaired) electrons. The summed E-state index contributed by atoms with van der Waals surface area (Å²) >= 11 is 0. The number of benzene rings is 1. The van der Waals surface area contributed by atoms with E-state index in [-0.39, 0.29) is 5.82 Å². The van der Waals surface area contributed by atoms with E-state index in [1.54, 1.807) is 24.4 Å². The molecule has 0 unspecified atom stereocenters. The van der Waals surface area contributed by atoms with E-state index in [9.17, 15) is 4.39 Å². The van der Waals surface area contributed by atoms with Crippen molar-refractivity contribution in [3.05, 3.63) is 42.5 Å². The van der Waals surface area contributed by atoms with Crippen LogP contribution in [0.3, 0.4) is 0 Å². The largest absolute Gasteiger partial charge is 0.497 e. The minimum Gasteiger partial charge on any atom is -0.497 e. The van der Waals surface area contributed by atoms with Crippen LogP contribution in [-0.4, -0.2) is 12.1 Å². The fourth-order valence-electron chi connectivity index (χ4n) is 1.49. The number of pyridine rings is 1. The molecule has 0 atom stereocenters. The molecule has 16 heavy (non-hydrogen) atoms. The van der Waals surface area contributed by atoms with Crippen LogP contribution in [0.5, 0.6) is 5.75 Å². The van der Waals surface area contributed by atoms with Gasteiger partial charge in [-0.05, 0) is 18.2 Å². The van der Waals surface area contributed by atoms with Gasteiger partial charge in [-0.25, -0.2) is 4.39 Å². The highest BCUT2D eigenvalue weighted by atomic mass is 19.1. The molecular weight excluding hydrogens is 207 g/mol. The van der Waals surface area contributed by atoms with Gasteiger partial charge in [0.1, 0.15) is 11.6 Å². The topological polar surface area (TPSA) is 48.1 Å². The Hall–Kier alpha value is -2.10. The van der Waals surface area contributed by atoms with Crippen molar-refractivity contribution >= 4 is 5.69 Å². The predicted molar refractivity (Wildman–Crippen MR) is 60.6 cm³/mol. The second kappa shape index (κ2) is 4.18. The van der Waals surface area contributed by atoms with Crippen molar-refractivity contribution in [3.63, 3.8) is 0 Å². The molecule has 0 spiro atoms. The van der Waals surface area contributed by atoms with Gasteiger partial charge in [-0.3, -0.25) is 4.98 Å². The monoisotopic (exact) mass is 218 g/mol. The third kappa shape index (κ3) is 1.82. The summed E-state index contributed by atoms with van der Waals surface area (Å²) in [6.45, 7) is 0. The molecule has 2 rings (SSSR count). The molecule has 1 aromatic carbocycles. The van der Waals surface area contributed by atoms with Crippen LogP contribution < -0.4 is 10.5 Å². The molecule has 2 N–H and O–H groups in total. The van der Waals surface area contributed by atoms with Crippen LogP contribution in [-0.2, 0) is 0 Å². The molecule has 0 fully saturated rings. The van der Waals surface area contributed by atoms with Gasteiger partial charge in [0.15, 0.2) is 0 Å². The standard InChI is InChI=1S/C12H11FN2O/c1-16-8-2-3-9(11(13)6-8)10-4-5-15-7-12(10)14/h2-7H,14H2,1H3. The van der Waals surface area contributed by atoms with Crippen molar-refractivity contribution < 1.29 is 9.13 Å². The molecule has 0 aliphatic heterocycles. The minimum absolute atomic E-state index is 0.364. The predicted octanol–water partition coefficient (Wildman–Crippen LogP) is 2.48. The Kier molecular flexibility index (Phi) is 2.72. The van der Waals surface area contributed by atoms with Gasteiger partial charge in [0, 0.05) is 23.4 Å². The third-order valence-electron chi connectivity index (χ3n) is 2.32. The summed E-state index contributed by atoms with van der Waals surface area (Å²) in [7, 11) is 1.50. The number of nitrogens with zero attached hydrogens (tertiary/aromatic N) is 1. The molecule has 4 heteroatoms. The second-order valence-corrected chi connectivity index (χ2v) is 3.31. The van der Waals surface area contributed by atoms with E-state index < -0.39 is 0 Å². The van der Waals surface area contributed by atoms with Crippen molar-refractivity contribution in [2.24, 2.45) is 0 Å². The zero-order valence-electron chi connectivity index (χ0n) is 8.77. The molecule has 3 nitrogen and oxygen atoms in total. The maximum Gasteiger partial charge on any atom is 0.134 e. The van der Waals surface area contributed by atoms with Crippen LogP contribution in [0.15, 0.2) is 36.7 Å². The Labute approximate surface area is 92.7 Å². The van der Waals surface area contributed by atoms with Crippen molar-refractivity contribution in [3.8, 4) is 16.9 Å². The molecule has 82 valence electrons. The number of ether oxygens (including phenoxy) is 1. The van der Waals surface area contributed by atoms with Crippen molar-refractivity contribution in [1.82, 2.24) is 4.98 Å². The Morgan fingerprint density at radius 1 is 1.25 bits per heavy atom. The SMILES string of the molecule is COc1ccc(-c2ccncc2N)c(F)c1. The summed E-state index contributed by atoms with van der Waals surface area (Å²) in [6, 6.07) is 6.34. The summed E-state index contributed by atoms with van der Waals surface area (Å²) in [5, 5.41) is 0. The lowest BCUT2D eigenvalue weighted by Gasteiger charge is -2.07. The number of hydrogen-bond donors (Lipinski definition) is 1. The lowest BCUT2D eigenvalue weighted by Crippen LogP contribution is -1.93. The van der Waals surface area contributed by atoms with Crippen molar-refractivity contribution in [1.29, 1.82) is 0 Å². The summed E-state index contributed by atoms with van der Waals surface area (Å²) in [5.74, 6) is 0.117. The van der Waals surface area contributed by atoms with Gasteiger partial charge in [-0.2, -0.15) is 0 Å². The van der Waals surface area contributed by atoms with Gasteiger partial charge in [-0.1, -0.05) is 0 Å². The molecule has 0 saturated carbocycles.